The van der Waals surface area contributed by atoms with Crippen LogP contribution >= 0.6 is 0 Å². The topological polar surface area (TPSA) is 145 Å². The SMILES string of the molecule is CC(C)(C)OC(=O)NC12CC(CC(NC(=O)[C@@H]3Cc4ccccc4CN3C(=O)CCC(=O)N3CCCCC3(C)C)C(=O)O)(C1)C2. The van der Waals surface area contributed by atoms with Crippen molar-refractivity contribution in [2.45, 2.75) is 134 Å². The van der Waals surface area contributed by atoms with Crippen molar-refractivity contribution in [1.82, 2.24) is 20.4 Å². The monoisotopic (exact) mass is 624 g/mol. The smallest absolute Gasteiger partial charge is 0.408 e. The van der Waals surface area contributed by atoms with E-state index in [1.807, 2.05) is 29.2 Å². The number of nitrogens with zero attached hydrogens (tertiary/aromatic N) is 2. The second-order valence-corrected chi connectivity index (χ2v) is 15.4. The van der Waals surface area contributed by atoms with Crippen molar-refractivity contribution in [2.75, 3.05) is 6.54 Å². The van der Waals surface area contributed by atoms with Gasteiger partial charge in [0.2, 0.25) is 17.7 Å². The number of hydrogen-bond acceptors (Lipinski definition) is 6. The molecule has 0 spiro atoms. The number of amides is 4. The predicted octanol–water partition coefficient (Wildman–Crippen LogP) is 3.92. The van der Waals surface area contributed by atoms with Gasteiger partial charge in [-0.3, -0.25) is 14.4 Å². The molecule has 5 aliphatic rings. The molecule has 246 valence electrons. The van der Waals surface area contributed by atoms with Crippen molar-refractivity contribution in [3.63, 3.8) is 0 Å². The Balaban J connectivity index is 1.22. The molecule has 3 N–H and O–H groups in total. The molecule has 1 saturated heterocycles. The Morgan fingerprint density at radius 2 is 1.64 bits per heavy atom. The number of likely N-dealkylation sites (tertiary alicyclic amines) is 1. The maximum Gasteiger partial charge on any atom is 0.408 e. The fraction of sp³-hybridized carbons (Fsp3) is 0.676. The molecule has 3 aliphatic carbocycles. The highest BCUT2D eigenvalue weighted by Gasteiger charge is 2.69. The Labute approximate surface area is 265 Å². The fourth-order valence-electron chi connectivity index (χ4n) is 8.01. The third-order valence-electron chi connectivity index (χ3n) is 10.0. The summed E-state index contributed by atoms with van der Waals surface area (Å²) in [7, 11) is 0. The van der Waals surface area contributed by atoms with Gasteiger partial charge in [0, 0.05) is 43.4 Å². The Hall–Kier alpha value is -3.63. The first-order valence-electron chi connectivity index (χ1n) is 16.2. The van der Waals surface area contributed by atoms with Crippen molar-refractivity contribution in [3.05, 3.63) is 35.4 Å². The van der Waals surface area contributed by atoms with Gasteiger partial charge in [0.05, 0.1) is 0 Å². The number of hydrogen-bond donors (Lipinski definition) is 3. The maximum atomic E-state index is 13.7. The third-order valence-corrected chi connectivity index (χ3v) is 10.0. The number of aliphatic carboxylic acids is 1. The van der Waals surface area contributed by atoms with Crippen LogP contribution in [-0.2, 0) is 36.9 Å². The zero-order valence-corrected chi connectivity index (χ0v) is 27.2. The van der Waals surface area contributed by atoms with Gasteiger partial charge in [0.25, 0.3) is 0 Å². The summed E-state index contributed by atoms with van der Waals surface area (Å²) in [5.74, 6) is -2.00. The summed E-state index contributed by atoms with van der Waals surface area (Å²) in [6.45, 7) is 10.4. The highest BCUT2D eigenvalue weighted by Crippen LogP contribution is 2.69. The number of carbonyl (C=O) groups excluding carboxylic acids is 4. The molecule has 0 aromatic heterocycles. The Kier molecular flexibility index (Phi) is 8.70. The predicted molar refractivity (Wildman–Crippen MR) is 166 cm³/mol. The molecule has 2 aliphatic heterocycles. The van der Waals surface area contributed by atoms with Gasteiger partial charge in [-0.1, -0.05) is 24.3 Å². The van der Waals surface area contributed by atoms with Crippen LogP contribution in [0.1, 0.15) is 104 Å². The van der Waals surface area contributed by atoms with Crippen LogP contribution in [0.25, 0.3) is 0 Å². The molecule has 11 nitrogen and oxygen atoms in total. The quantitative estimate of drug-likeness (QED) is 0.378. The molecule has 0 radical (unpaired) electrons. The molecule has 45 heavy (non-hydrogen) atoms. The second kappa shape index (κ2) is 11.9. The summed E-state index contributed by atoms with van der Waals surface area (Å²) < 4.78 is 5.38. The molecule has 1 aromatic rings. The third kappa shape index (κ3) is 7.12. The van der Waals surface area contributed by atoms with Gasteiger partial charge in [0.15, 0.2) is 0 Å². The van der Waals surface area contributed by atoms with E-state index in [1.54, 1.807) is 20.8 Å². The highest BCUT2D eigenvalue weighted by molar-refractivity contribution is 5.92. The van der Waals surface area contributed by atoms with Crippen LogP contribution in [0.15, 0.2) is 24.3 Å². The van der Waals surface area contributed by atoms with Crippen LogP contribution in [0, 0.1) is 5.41 Å². The van der Waals surface area contributed by atoms with Gasteiger partial charge in [-0.05, 0) is 96.1 Å². The van der Waals surface area contributed by atoms with Gasteiger partial charge < -0.3 is 30.3 Å². The number of benzene rings is 1. The second-order valence-electron chi connectivity index (χ2n) is 15.4. The molecule has 2 atom stereocenters. The van der Waals surface area contributed by atoms with E-state index in [-0.39, 0.29) is 60.5 Å². The zero-order valence-electron chi connectivity index (χ0n) is 27.2. The standard InChI is InChI=1S/C34H48N4O7/c1-31(2,3)45-30(44)36-34-19-33(20-34,21-34)17-24(29(42)43)35-28(41)25-16-22-10-6-7-11-23(22)18-37(25)26(39)12-13-27(40)38-15-9-8-14-32(38,4)5/h6-7,10-11,24-25H,8-9,12-21H2,1-5H3,(H,35,41)(H,36,44)(H,42,43)/t24?,25-,33?,34?/m0/s1. The summed E-state index contributed by atoms with van der Waals surface area (Å²) in [6.07, 6.45) is 4.89. The van der Waals surface area contributed by atoms with Gasteiger partial charge in [-0.15, -0.1) is 0 Å². The van der Waals surface area contributed by atoms with Crippen LogP contribution in [-0.4, -0.2) is 80.0 Å². The van der Waals surface area contributed by atoms with Crippen LogP contribution in [0.2, 0.25) is 0 Å². The summed E-state index contributed by atoms with van der Waals surface area (Å²) in [5.41, 5.74) is 0.357. The number of ether oxygens (including phenoxy) is 1. The van der Waals surface area contributed by atoms with Crippen molar-refractivity contribution >= 4 is 29.8 Å². The molecule has 4 fully saturated rings. The number of piperidine rings is 1. The van der Waals surface area contributed by atoms with Crippen molar-refractivity contribution < 1.29 is 33.8 Å². The van der Waals surface area contributed by atoms with E-state index in [4.69, 9.17) is 4.74 Å². The number of alkyl carbamates (subject to hydrolysis) is 1. The van der Waals surface area contributed by atoms with E-state index in [0.717, 1.165) is 30.4 Å². The van der Waals surface area contributed by atoms with Gasteiger partial charge >= 0.3 is 12.1 Å². The molecule has 6 rings (SSSR count). The number of carboxylic acid groups (broad SMARTS) is 1. The fourth-order valence-corrected chi connectivity index (χ4v) is 8.01. The van der Waals surface area contributed by atoms with Crippen molar-refractivity contribution in [3.8, 4) is 0 Å². The summed E-state index contributed by atoms with van der Waals surface area (Å²) >= 11 is 0. The Bertz CT molecular complexity index is 1350. The first-order valence-corrected chi connectivity index (χ1v) is 16.2. The molecule has 2 heterocycles. The normalized spacial score (nSPS) is 27.2. The van der Waals surface area contributed by atoms with Gasteiger partial charge in [-0.2, -0.15) is 0 Å². The van der Waals surface area contributed by atoms with Crippen molar-refractivity contribution in [1.29, 1.82) is 0 Å². The lowest BCUT2D eigenvalue weighted by atomic mass is 9.38. The van der Waals surface area contributed by atoms with Crippen LogP contribution in [0.5, 0.6) is 0 Å². The van der Waals surface area contributed by atoms with E-state index in [0.29, 0.717) is 25.8 Å². The lowest BCUT2D eigenvalue weighted by Crippen LogP contribution is -2.76. The minimum Gasteiger partial charge on any atom is -0.480 e. The number of fused-ring (bicyclic) bond motifs is 1. The van der Waals surface area contributed by atoms with Crippen LogP contribution in [0.3, 0.4) is 0 Å². The van der Waals surface area contributed by atoms with E-state index < -0.39 is 35.7 Å². The summed E-state index contributed by atoms with van der Waals surface area (Å²) in [6, 6.07) is 5.60. The lowest BCUT2D eigenvalue weighted by molar-refractivity contribution is -0.170. The van der Waals surface area contributed by atoms with Crippen molar-refractivity contribution in [2.24, 2.45) is 5.41 Å². The number of rotatable bonds is 9. The Morgan fingerprint density at radius 3 is 2.27 bits per heavy atom. The zero-order chi connectivity index (χ0) is 32.8. The summed E-state index contributed by atoms with van der Waals surface area (Å²) in [5, 5.41) is 15.8. The van der Waals surface area contributed by atoms with E-state index in [2.05, 4.69) is 24.5 Å². The van der Waals surface area contributed by atoms with E-state index in [9.17, 15) is 29.1 Å². The van der Waals surface area contributed by atoms with Gasteiger partial charge in [0.1, 0.15) is 17.7 Å². The van der Waals surface area contributed by atoms with Crippen LogP contribution < -0.4 is 10.6 Å². The Morgan fingerprint density at radius 1 is 1.00 bits per heavy atom. The number of nitrogens with one attached hydrogen (secondary N) is 2. The van der Waals surface area contributed by atoms with E-state index in [1.165, 1.54) is 4.90 Å². The average molecular weight is 625 g/mol. The minimum absolute atomic E-state index is 0.0183. The summed E-state index contributed by atoms with van der Waals surface area (Å²) in [4.78, 5) is 68.5. The molecule has 3 saturated carbocycles. The lowest BCUT2D eigenvalue weighted by Gasteiger charge is -2.71. The highest BCUT2D eigenvalue weighted by atomic mass is 16.6. The molecular formula is C34H48N4O7. The molecular weight excluding hydrogens is 576 g/mol. The molecule has 1 aromatic carbocycles. The number of carboxylic acids is 1. The molecule has 1 unspecified atom stereocenters. The first kappa shape index (κ1) is 32.8. The van der Waals surface area contributed by atoms with Gasteiger partial charge in [-0.25, -0.2) is 9.59 Å². The average Bonchev–Trinajstić information content (AvgIpc) is 2.91. The molecule has 4 amide bonds. The first-order chi connectivity index (χ1) is 21.0. The molecule has 2 bridgehead atoms. The minimum atomic E-state index is -1.13. The van der Waals surface area contributed by atoms with Crippen LogP contribution in [0.4, 0.5) is 4.79 Å². The molecule has 11 heteroatoms. The van der Waals surface area contributed by atoms with E-state index >= 15 is 0 Å². The maximum absolute atomic E-state index is 13.7. The largest absolute Gasteiger partial charge is 0.480 e. The number of carbonyl (C=O) groups is 5.